The van der Waals surface area contributed by atoms with Crippen LogP contribution in [-0.2, 0) is 14.8 Å². The summed E-state index contributed by atoms with van der Waals surface area (Å²) in [5.41, 5.74) is 1.37. The van der Waals surface area contributed by atoms with Crippen LogP contribution in [0.15, 0.2) is 51.8 Å². The van der Waals surface area contributed by atoms with Crippen molar-refractivity contribution in [3.8, 4) is 0 Å². The van der Waals surface area contributed by atoms with Gasteiger partial charge in [-0.3, -0.25) is 9.52 Å². The molecule has 1 atom stereocenters. The van der Waals surface area contributed by atoms with Crippen molar-refractivity contribution in [2.75, 3.05) is 10.0 Å². The average Bonchev–Trinajstić information content (AvgIpc) is 3.20. The summed E-state index contributed by atoms with van der Waals surface area (Å²) in [7, 11) is -3.81. The molecule has 1 amide bonds. The summed E-state index contributed by atoms with van der Waals surface area (Å²) in [5, 5.41) is 2.66. The highest BCUT2D eigenvalue weighted by atomic mass is 79.9. The third kappa shape index (κ3) is 4.34. The van der Waals surface area contributed by atoms with E-state index in [1.54, 1.807) is 43.3 Å². The Morgan fingerprint density at radius 2 is 1.73 bits per heavy atom. The second-order valence-electron chi connectivity index (χ2n) is 6.10. The van der Waals surface area contributed by atoms with Crippen LogP contribution in [0.1, 0.15) is 12.0 Å². The molecule has 1 unspecified atom stereocenters. The smallest absolute Gasteiger partial charge is 0.262 e. The number of halogens is 3. The van der Waals surface area contributed by atoms with Crippen molar-refractivity contribution < 1.29 is 13.2 Å². The summed E-state index contributed by atoms with van der Waals surface area (Å²) in [6, 6.07) is 11.5. The van der Waals surface area contributed by atoms with Crippen LogP contribution in [0.3, 0.4) is 0 Å². The first-order valence-corrected chi connectivity index (χ1v) is 10.7. The lowest BCUT2D eigenvalue weighted by molar-refractivity contribution is -0.117. The van der Waals surface area contributed by atoms with Gasteiger partial charge >= 0.3 is 0 Å². The largest absolute Gasteiger partial charge is 0.326 e. The van der Waals surface area contributed by atoms with E-state index in [1.807, 2.05) is 0 Å². The zero-order valence-electron chi connectivity index (χ0n) is 13.6. The van der Waals surface area contributed by atoms with Crippen LogP contribution in [0.25, 0.3) is 0 Å². The molecule has 1 fully saturated rings. The standard InChI is InChI=1S/C17H15BrCl2N2O3S/c1-10-2-5-13(21-16(23)14-9-17(14,19)20)8-15(10)26(24,25)22-12-6-3-11(18)4-7-12/h2-8,14,22H,9H2,1H3,(H,21,23). The summed E-state index contributed by atoms with van der Waals surface area (Å²) in [5.74, 6) is -0.823. The SMILES string of the molecule is Cc1ccc(NC(=O)C2CC2(Cl)Cl)cc1S(=O)(=O)Nc1ccc(Br)cc1. The van der Waals surface area contributed by atoms with E-state index in [0.717, 1.165) is 4.47 Å². The Balaban J connectivity index is 1.82. The number of benzene rings is 2. The van der Waals surface area contributed by atoms with Gasteiger partial charge in [0.1, 0.15) is 4.33 Å². The number of alkyl halides is 2. The molecule has 0 radical (unpaired) electrons. The quantitative estimate of drug-likeness (QED) is 0.613. The molecule has 1 aliphatic rings. The number of carbonyl (C=O) groups is 1. The Hall–Kier alpha value is -1.28. The first-order chi connectivity index (χ1) is 12.1. The fraction of sp³-hybridized carbons (Fsp3) is 0.235. The Morgan fingerprint density at radius 3 is 2.31 bits per heavy atom. The molecule has 9 heteroatoms. The number of nitrogens with one attached hydrogen (secondary N) is 2. The van der Waals surface area contributed by atoms with Crippen molar-refractivity contribution >= 4 is 66.4 Å². The summed E-state index contributed by atoms with van der Waals surface area (Å²) in [6.45, 7) is 1.69. The molecule has 0 aromatic heterocycles. The number of hydrogen-bond donors (Lipinski definition) is 2. The van der Waals surface area contributed by atoms with E-state index in [9.17, 15) is 13.2 Å². The predicted octanol–water partition coefficient (Wildman–Crippen LogP) is 4.69. The van der Waals surface area contributed by atoms with Gasteiger partial charge in [-0.25, -0.2) is 8.42 Å². The minimum absolute atomic E-state index is 0.0806. The van der Waals surface area contributed by atoms with Crippen LogP contribution in [-0.4, -0.2) is 18.7 Å². The molecule has 138 valence electrons. The van der Waals surface area contributed by atoms with E-state index in [0.29, 0.717) is 23.4 Å². The van der Waals surface area contributed by atoms with Crippen LogP contribution in [0, 0.1) is 12.8 Å². The van der Waals surface area contributed by atoms with Gasteiger partial charge in [0, 0.05) is 15.8 Å². The van der Waals surface area contributed by atoms with E-state index in [-0.39, 0.29) is 10.8 Å². The maximum atomic E-state index is 12.7. The first-order valence-electron chi connectivity index (χ1n) is 7.66. The van der Waals surface area contributed by atoms with Gasteiger partial charge in [-0.15, -0.1) is 23.2 Å². The molecule has 0 saturated heterocycles. The van der Waals surface area contributed by atoms with Crippen LogP contribution >= 0.6 is 39.1 Å². The third-order valence-electron chi connectivity index (χ3n) is 3.98. The van der Waals surface area contributed by atoms with Gasteiger partial charge in [-0.2, -0.15) is 0 Å². The van der Waals surface area contributed by atoms with E-state index >= 15 is 0 Å². The lowest BCUT2D eigenvalue weighted by Gasteiger charge is -2.13. The van der Waals surface area contributed by atoms with Crippen molar-refractivity contribution in [2.45, 2.75) is 22.6 Å². The molecule has 0 heterocycles. The van der Waals surface area contributed by atoms with Gasteiger partial charge < -0.3 is 5.32 Å². The molecule has 0 spiro atoms. The number of hydrogen-bond acceptors (Lipinski definition) is 3. The number of anilines is 2. The molecule has 1 saturated carbocycles. The van der Waals surface area contributed by atoms with Crippen molar-refractivity contribution in [3.05, 3.63) is 52.5 Å². The summed E-state index contributed by atoms with van der Waals surface area (Å²) in [4.78, 5) is 12.2. The number of sulfonamides is 1. The third-order valence-corrected chi connectivity index (χ3v) is 6.87. The molecular weight excluding hydrogens is 463 g/mol. The molecule has 1 aliphatic carbocycles. The van der Waals surface area contributed by atoms with E-state index in [4.69, 9.17) is 23.2 Å². The molecule has 2 N–H and O–H groups in total. The van der Waals surface area contributed by atoms with Crippen molar-refractivity contribution in [1.29, 1.82) is 0 Å². The Kier molecular flexibility index (Phi) is 5.27. The zero-order valence-corrected chi connectivity index (χ0v) is 17.5. The zero-order chi connectivity index (χ0) is 19.1. The lowest BCUT2D eigenvalue weighted by atomic mass is 10.2. The topological polar surface area (TPSA) is 75.3 Å². The molecule has 0 bridgehead atoms. The summed E-state index contributed by atoms with van der Waals surface area (Å²) >= 11 is 15.1. The number of amides is 1. The minimum Gasteiger partial charge on any atom is -0.326 e. The highest BCUT2D eigenvalue weighted by Crippen LogP contribution is 2.53. The Bertz CT molecular complexity index is 962. The van der Waals surface area contributed by atoms with Crippen LogP contribution in [0.5, 0.6) is 0 Å². The van der Waals surface area contributed by atoms with Crippen LogP contribution < -0.4 is 10.0 Å². The van der Waals surface area contributed by atoms with Gasteiger partial charge in [0.25, 0.3) is 10.0 Å². The maximum absolute atomic E-state index is 12.7. The van der Waals surface area contributed by atoms with Crippen molar-refractivity contribution in [2.24, 2.45) is 5.92 Å². The van der Waals surface area contributed by atoms with Gasteiger partial charge in [-0.1, -0.05) is 22.0 Å². The molecule has 2 aromatic carbocycles. The second-order valence-corrected chi connectivity index (χ2v) is 10.2. The number of aryl methyl sites for hydroxylation is 1. The molecule has 5 nitrogen and oxygen atoms in total. The second kappa shape index (κ2) is 7.03. The van der Waals surface area contributed by atoms with Gasteiger partial charge in [0.05, 0.1) is 10.8 Å². The van der Waals surface area contributed by atoms with Crippen LogP contribution in [0.4, 0.5) is 11.4 Å². The van der Waals surface area contributed by atoms with Crippen molar-refractivity contribution in [3.63, 3.8) is 0 Å². The molecular formula is C17H15BrCl2N2O3S. The van der Waals surface area contributed by atoms with E-state index in [2.05, 4.69) is 26.0 Å². The molecule has 2 aromatic rings. The summed E-state index contributed by atoms with van der Waals surface area (Å²) in [6.07, 6.45) is 0.379. The monoisotopic (exact) mass is 476 g/mol. The highest BCUT2D eigenvalue weighted by Gasteiger charge is 2.56. The fourth-order valence-corrected chi connectivity index (χ4v) is 4.52. The van der Waals surface area contributed by atoms with Gasteiger partial charge in [0.2, 0.25) is 5.91 Å². The number of carbonyl (C=O) groups excluding carboxylic acids is 1. The minimum atomic E-state index is -3.81. The molecule has 26 heavy (non-hydrogen) atoms. The average molecular weight is 478 g/mol. The lowest BCUT2D eigenvalue weighted by Crippen LogP contribution is -2.18. The first kappa shape index (κ1) is 19.5. The van der Waals surface area contributed by atoms with Crippen LogP contribution in [0.2, 0.25) is 0 Å². The maximum Gasteiger partial charge on any atom is 0.262 e. The Labute approximate surface area is 170 Å². The highest BCUT2D eigenvalue weighted by molar-refractivity contribution is 9.10. The molecule has 3 rings (SSSR count). The number of rotatable bonds is 5. The van der Waals surface area contributed by atoms with Gasteiger partial charge in [0.15, 0.2) is 0 Å². The van der Waals surface area contributed by atoms with E-state index in [1.165, 1.54) is 6.07 Å². The summed E-state index contributed by atoms with van der Waals surface area (Å²) < 4.78 is 27.8. The Morgan fingerprint density at radius 1 is 1.15 bits per heavy atom. The van der Waals surface area contributed by atoms with Gasteiger partial charge in [-0.05, 0) is 55.3 Å². The normalized spacial score (nSPS) is 18.2. The van der Waals surface area contributed by atoms with Crippen molar-refractivity contribution in [1.82, 2.24) is 0 Å². The van der Waals surface area contributed by atoms with E-state index < -0.39 is 20.3 Å². The molecule has 0 aliphatic heterocycles. The predicted molar refractivity (Wildman–Crippen MR) is 107 cm³/mol. The fourth-order valence-electron chi connectivity index (χ4n) is 2.42.